The van der Waals surface area contributed by atoms with Crippen LogP contribution in [0.3, 0.4) is 0 Å². The molecule has 0 bridgehead atoms. The van der Waals surface area contributed by atoms with Gasteiger partial charge in [0.05, 0.1) is 12.5 Å². The molecule has 26 heavy (non-hydrogen) atoms. The molecule has 144 valence electrons. The van der Waals surface area contributed by atoms with E-state index in [-0.39, 0.29) is 17.7 Å². The number of unbranched alkanes of at least 4 members (excludes halogenated alkanes) is 1. The molecule has 2 rings (SSSR count). The lowest BCUT2D eigenvalue weighted by atomic mass is 9.96. The van der Waals surface area contributed by atoms with Gasteiger partial charge in [-0.1, -0.05) is 19.1 Å². The topological polar surface area (TPSA) is 58.6 Å². The smallest absolute Gasteiger partial charge is 0.224 e. The highest BCUT2D eigenvalue weighted by atomic mass is 16.5. The number of carbonyl (C=O) groups is 2. The van der Waals surface area contributed by atoms with Crippen LogP contribution in [-0.4, -0.2) is 43.0 Å². The third kappa shape index (κ3) is 6.70. The van der Waals surface area contributed by atoms with Crippen molar-refractivity contribution in [1.29, 1.82) is 0 Å². The normalized spacial score (nSPS) is 17.0. The number of rotatable bonds is 9. The molecule has 1 unspecified atom stereocenters. The fourth-order valence-electron chi connectivity index (χ4n) is 3.24. The maximum Gasteiger partial charge on any atom is 0.224 e. The van der Waals surface area contributed by atoms with E-state index in [1.54, 1.807) is 0 Å². The SMILES string of the molecule is CCCNC(=O)C1CCCN(C(=O)CCCCOc2cccc(C)c2)C1. The highest BCUT2D eigenvalue weighted by Gasteiger charge is 2.27. The summed E-state index contributed by atoms with van der Waals surface area (Å²) in [5, 5.41) is 2.95. The lowest BCUT2D eigenvalue weighted by molar-refractivity contribution is -0.135. The van der Waals surface area contributed by atoms with Crippen molar-refractivity contribution in [3.63, 3.8) is 0 Å². The number of hydrogen-bond donors (Lipinski definition) is 1. The van der Waals surface area contributed by atoms with E-state index in [9.17, 15) is 9.59 Å². The molecule has 0 spiro atoms. The summed E-state index contributed by atoms with van der Waals surface area (Å²) in [6, 6.07) is 8.00. The van der Waals surface area contributed by atoms with Crippen LogP contribution in [0.5, 0.6) is 5.75 Å². The van der Waals surface area contributed by atoms with Crippen molar-refractivity contribution in [2.24, 2.45) is 5.92 Å². The number of aryl methyl sites for hydroxylation is 1. The molecule has 1 atom stereocenters. The Bertz CT molecular complexity index is 588. The average Bonchev–Trinajstić information content (AvgIpc) is 2.65. The van der Waals surface area contributed by atoms with Crippen LogP contribution in [0.15, 0.2) is 24.3 Å². The Balaban J connectivity index is 1.64. The second-order valence-electron chi connectivity index (χ2n) is 7.09. The van der Waals surface area contributed by atoms with Crippen LogP contribution in [0.4, 0.5) is 0 Å². The van der Waals surface area contributed by atoms with Crippen molar-refractivity contribution >= 4 is 11.8 Å². The number of nitrogens with one attached hydrogen (secondary N) is 1. The van der Waals surface area contributed by atoms with Gasteiger partial charge in [-0.25, -0.2) is 0 Å². The van der Waals surface area contributed by atoms with Gasteiger partial charge in [0.1, 0.15) is 5.75 Å². The lowest BCUT2D eigenvalue weighted by Crippen LogP contribution is -2.45. The summed E-state index contributed by atoms with van der Waals surface area (Å²) in [4.78, 5) is 26.4. The monoisotopic (exact) mass is 360 g/mol. The van der Waals surface area contributed by atoms with Crippen molar-refractivity contribution < 1.29 is 14.3 Å². The molecule has 5 heteroatoms. The number of likely N-dealkylation sites (tertiary alicyclic amines) is 1. The van der Waals surface area contributed by atoms with Crippen LogP contribution in [0.25, 0.3) is 0 Å². The second-order valence-corrected chi connectivity index (χ2v) is 7.09. The van der Waals surface area contributed by atoms with E-state index in [1.165, 1.54) is 5.56 Å². The Morgan fingerprint density at radius 2 is 2.15 bits per heavy atom. The van der Waals surface area contributed by atoms with Gasteiger partial charge in [-0.05, 0) is 56.7 Å². The molecule has 0 aliphatic carbocycles. The minimum absolute atomic E-state index is 0.0519. The quantitative estimate of drug-likeness (QED) is 0.687. The van der Waals surface area contributed by atoms with Crippen LogP contribution < -0.4 is 10.1 Å². The highest BCUT2D eigenvalue weighted by Crippen LogP contribution is 2.18. The average molecular weight is 360 g/mol. The van der Waals surface area contributed by atoms with Gasteiger partial charge in [0.15, 0.2) is 0 Å². The summed E-state index contributed by atoms with van der Waals surface area (Å²) < 4.78 is 5.72. The molecule has 0 radical (unpaired) electrons. The van der Waals surface area contributed by atoms with E-state index in [0.717, 1.165) is 44.4 Å². The molecule has 1 aliphatic heterocycles. The maximum atomic E-state index is 12.4. The molecular formula is C21H32N2O3. The zero-order chi connectivity index (χ0) is 18.8. The summed E-state index contributed by atoms with van der Waals surface area (Å²) in [5.41, 5.74) is 1.18. The Morgan fingerprint density at radius 3 is 2.92 bits per heavy atom. The highest BCUT2D eigenvalue weighted by molar-refractivity contribution is 5.81. The third-order valence-electron chi connectivity index (χ3n) is 4.74. The summed E-state index contributed by atoms with van der Waals surface area (Å²) >= 11 is 0. The van der Waals surface area contributed by atoms with E-state index in [1.807, 2.05) is 43.0 Å². The molecule has 0 aromatic heterocycles. The molecule has 1 aromatic carbocycles. The number of piperidine rings is 1. The zero-order valence-corrected chi connectivity index (χ0v) is 16.1. The van der Waals surface area contributed by atoms with Crippen LogP contribution >= 0.6 is 0 Å². The summed E-state index contributed by atoms with van der Waals surface area (Å²) in [7, 11) is 0. The Morgan fingerprint density at radius 1 is 1.31 bits per heavy atom. The van der Waals surface area contributed by atoms with E-state index >= 15 is 0 Å². The first-order valence-corrected chi connectivity index (χ1v) is 9.85. The largest absolute Gasteiger partial charge is 0.494 e. The Kier molecular flexibility index (Phi) is 8.45. The maximum absolute atomic E-state index is 12.4. The first-order chi connectivity index (χ1) is 12.6. The predicted molar refractivity (Wildman–Crippen MR) is 103 cm³/mol. The molecule has 0 saturated carbocycles. The van der Waals surface area contributed by atoms with Crippen molar-refractivity contribution in [1.82, 2.24) is 10.2 Å². The number of ether oxygens (including phenoxy) is 1. The number of amides is 2. The third-order valence-corrected chi connectivity index (χ3v) is 4.74. The first kappa shape index (κ1) is 20.3. The fraction of sp³-hybridized carbons (Fsp3) is 0.619. The summed E-state index contributed by atoms with van der Waals surface area (Å²) in [6.45, 7) is 6.76. The molecule has 1 heterocycles. The van der Waals surface area contributed by atoms with E-state index in [0.29, 0.717) is 26.1 Å². The van der Waals surface area contributed by atoms with Crippen LogP contribution in [0.1, 0.15) is 51.0 Å². The van der Waals surface area contributed by atoms with E-state index in [2.05, 4.69) is 5.32 Å². The molecule has 1 fully saturated rings. The Labute approximate surface area is 157 Å². The predicted octanol–water partition coefficient (Wildman–Crippen LogP) is 3.31. The van der Waals surface area contributed by atoms with Crippen molar-refractivity contribution in [3.8, 4) is 5.75 Å². The molecule has 1 saturated heterocycles. The molecule has 1 N–H and O–H groups in total. The number of hydrogen-bond acceptors (Lipinski definition) is 3. The van der Waals surface area contributed by atoms with Crippen LogP contribution in [0, 0.1) is 12.8 Å². The fourth-order valence-corrected chi connectivity index (χ4v) is 3.24. The molecule has 1 aliphatic rings. The van der Waals surface area contributed by atoms with E-state index < -0.39 is 0 Å². The van der Waals surface area contributed by atoms with Gasteiger partial charge < -0.3 is 15.0 Å². The molecular weight excluding hydrogens is 328 g/mol. The van der Waals surface area contributed by atoms with Gasteiger partial charge in [0.25, 0.3) is 0 Å². The minimum atomic E-state index is -0.0519. The van der Waals surface area contributed by atoms with E-state index in [4.69, 9.17) is 4.74 Å². The first-order valence-electron chi connectivity index (χ1n) is 9.85. The number of benzene rings is 1. The second kappa shape index (κ2) is 10.8. The van der Waals surface area contributed by atoms with Crippen molar-refractivity contribution in [2.45, 2.75) is 52.4 Å². The number of nitrogens with zero attached hydrogens (tertiary/aromatic N) is 1. The lowest BCUT2D eigenvalue weighted by Gasteiger charge is -2.32. The van der Waals surface area contributed by atoms with Crippen molar-refractivity contribution in [3.05, 3.63) is 29.8 Å². The van der Waals surface area contributed by atoms with Gasteiger partial charge >= 0.3 is 0 Å². The van der Waals surface area contributed by atoms with Crippen LogP contribution in [0.2, 0.25) is 0 Å². The van der Waals surface area contributed by atoms with Crippen LogP contribution in [-0.2, 0) is 9.59 Å². The summed E-state index contributed by atoms with van der Waals surface area (Å²) in [6.07, 6.45) is 4.92. The minimum Gasteiger partial charge on any atom is -0.494 e. The van der Waals surface area contributed by atoms with Gasteiger partial charge in [0.2, 0.25) is 11.8 Å². The van der Waals surface area contributed by atoms with Gasteiger partial charge in [-0.3, -0.25) is 9.59 Å². The molecule has 2 amide bonds. The molecule has 1 aromatic rings. The Hall–Kier alpha value is -2.04. The number of carbonyl (C=O) groups excluding carboxylic acids is 2. The van der Waals surface area contributed by atoms with Gasteiger partial charge in [0, 0.05) is 26.1 Å². The summed E-state index contributed by atoms with van der Waals surface area (Å²) in [5.74, 6) is 1.08. The molecule has 5 nitrogen and oxygen atoms in total. The zero-order valence-electron chi connectivity index (χ0n) is 16.1. The standard InChI is InChI=1S/C21H32N2O3/c1-3-12-22-21(25)18-9-7-13-23(16-18)20(24)11-4-5-14-26-19-10-6-8-17(2)15-19/h6,8,10,15,18H,3-5,7,9,11-14,16H2,1-2H3,(H,22,25). The van der Waals surface area contributed by atoms with Gasteiger partial charge in [-0.2, -0.15) is 0 Å². The van der Waals surface area contributed by atoms with Gasteiger partial charge in [-0.15, -0.1) is 0 Å². The van der Waals surface area contributed by atoms with Crippen molar-refractivity contribution in [2.75, 3.05) is 26.2 Å².